The van der Waals surface area contributed by atoms with Crippen molar-refractivity contribution in [2.45, 2.75) is 37.7 Å². The van der Waals surface area contributed by atoms with Gasteiger partial charge in [0.25, 0.3) is 0 Å². The third-order valence-corrected chi connectivity index (χ3v) is 6.26. The number of aliphatic hydroxyl groups is 2. The minimum absolute atomic E-state index is 0.159. The van der Waals surface area contributed by atoms with Crippen molar-refractivity contribution in [3.05, 3.63) is 47.2 Å². The number of benzene rings is 1. The van der Waals surface area contributed by atoms with Crippen LogP contribution in [0.1, 0.15) is 39.9 Å². The van der Waals surface area contributed by atoms with Crippen LogP contribution in [-0.4, -0.2) is 96.1 Å². The molecule has 1 aromatic carbocycles. The van der Waals surface area contributed by atoms with E-state index >= 15 is 0 Å². The van der Waals surface area contributed by atoms with E-state index in [-0.39, 0.29) is 12.3 Å². The molecule has 35 heavy (non-hydrogen) atoms. The van der Waals surface area contributed by atoms with Crippen molar-refractivity contribution in [1.82, 2.24) is 39.6 Å². The Kier molecular flexibility index (Phi) is 7.62. The number of hydrogen-bond acceptors (Lipinski definition) is 11. The molecule has 186 valence electrons. The summed E-state index contributed by atoms with van der Waals surface area (Å²) in [6.07, 6.45) is 1.33. The number of aliphatic hydroxyl groups excluding tert-OH is 2. The number of fused-ring (bicyclic) bond motifs is 1. The molecule has 4 heterocycles. The predicted molar refractivity (Wildman–Crippen MR) is 129 cm³/mol. The number of aldehydes is 1. The van der Waals surface area contributed by atoms with Crippen molar-refractivity contribution in [3.8, 4) is 5.69 Å². The number of nitrogens with zero attached hydrogens (tertiary/aromatic N) is 8. The van der Waals surface area contributed by atoms with Crippen molar-refractivity contribution in [1.29, 1.82) is 0 Å². The molecule has 0 aliphatic carbocycles. The molecule has 13 heteroatoms. The molecule has 4 aromatic rings. The van der Waals surface area contributed by atoms with Gasteiger partial charge >= 0.3 is 0 Å². The SMILES string of the molecule is CN(C)C.Cc1nc2ccc(-n3ncnc3C3CC(n4cc(C=O)nn4)C(O)C(CO)O3)cc2s1. The minimum atomic E-state index is -1.03. The van der Waals surface area contributed by atoms with E-state index in [0.29, 0.717) is 18.5 Å². The fraction of sp³-hybridized carbons (Fsp3) is 0.455. The fourth-order valence-electron chi connectivity index (χ4n) is 3.87. The summed E-state index contributed by atoms with van der Waals surface area (Å²) < 4.78 is 10.1. The van der Waals surface area contributed by atoms with E-state index in [0.717, 1.165) is 20.9 Å². The first kappa shape index (κ1) is 25.0. The van der Waals surface area contributed by atoms with Crippen LogP contribution in [0, 0.1) is 6.92 Å². The molecule has 2 N–H and O–H groups in total. The van der Waals surface area contributed by atoms with E-state index in [4.69, 9.17) is 4.74 Å². The van der Waals surface area contributed by atoms with E-state index in [1.165, 1.54) is 17.2 Å². The normalized spacial score (nSPS) is 22.3. The molecule has 12 nitrogen and oxygen atoms in total. The summed E-state index contributed by atoms with van der Waals surface area (Å²) in [5.74, 6) is 0.534. The first-order valence-electron chi connectivity index (χ1n) is 11.0. The van der Waals surface area contributed by atoms with Gasteiger partial charge in [0.2, 0.25) is 0 Å². The Morgan fingerprint density at radius 2 is 2.09 bits per heavy atom. The highest BCUT2D eigenvalue weighted by Gasteiger charge is 2.41. The van der Waals surface area contributed by atoms with E-state index < -0.39 is 24.4 Å². The Morgan fingerprint density at radius 3 is 2.77 bits per heavy atom. The van der Waals surface area contributed by atoms with Crippen molar-refractivity contribution < 1.29 is 19.7 Å². The molecule has 1 fully saturated rings. The van der Waals surface area contributed by atoms with Crippen LogP contribution in [0.2, 0.25) is 0 Å². The van der Waals surface area contributed by atoms with Gasteiger partial charge in [0.15, 0.2) is 12.1 Å². The van der Waals surface area contributed by atoms with Gasteiger partial charge in [-0.1, -0.05) is 5.21 Å². The third-order valence-electron chi connectivity index (χ3n) is 5.32. The van der Waals surface area contributed by atoms with Gasteiger partial charge in [0.05, 0.1) is 39.8 Å². The number of thiazole rings is 1. The van der Waals surface area contributed by atoms with Crippen LogP contribution in [0.4, 0.5) is 0 Å². The molecule has 0 radical (unpaired) electrons. The topological polar surface area (TPSA) is 144 Å². The summed E-state index contributed by atoms with van der Waals surface area (Å²) in [5.41, 5.74) is 1.88. The average molecular weight is 501 g/mol. The molecule has 4 unspecified atom stereocenters. The van der Waals surface area contributed by atoms with Crippen LogP contribution in [0.15, 0.2) is 30.7 Å². The maximum Gasteiger partial charge on any atom is 0.171 e. The van der Waals surface area contributed by atoms with Gasteiger partial charge < -0.3 is 19.8 Å². The molecule has 5 rings (SSSR count). The Balaban J connectivity index is 0.000000672. The molecule has 4 atom stereocenters. The van der Waals surface area contributed by atoms with Crippen molar-refractivity contribution in [2.24, 2.45) is 0 Å². The second kappa shape index (κ2) is 10.7. The maximum absolute atomic E-state index is 11.0. The first-order valence-corrected chi connectivity index (χ1v) is 11.8. The van der Waals surface area contributed by atoms with Crippen molar-refractivity contribution >= 4 is 27.8 Å². The highest BCUT2D eigenvalue weighted by Crippen LogP contribution is 2.37. The summed E-state index contributed by atoms with van der Waals surface area (Å²) >= 11 is 1.59. The number of carbonyl (C=O) groups excluding carboxylic acids is 1. The number of hydrogen-bond donors (Lipinski definition) is 2. The molecule has 1 aliphatic rings. The second-order valence-electron chi connectivity index (χ2n) is 8.64. The monoisotopic (exact) mass is 500 g/mol. The molecular weight excluding hydrogens is 472 g/mol. The van der Waals surface area contributed by atoms with Gasteiger partial charge in [-0.15, -0.1) is 16.4 Å². The lowest BCUT2D eigenvalue weighted by Gasteiger charge is -2.38. The zero-order chi connectivity index (χ0) is 25.1. The fourth-order valence-corrected chi connectivity index (χ4v) is 4.73. The van der Waals surface area contributed by atoms with E-state index in [9.17, 15) is 15.0 Å². The van der Waals surface area contributed by atoms with Gasteiger partial charge in [-0.25, -0.2) is 19.3 Å². The molecule has 3 aromatic heterocycles. The van der Waals surface area contributed by atoms with Crippen LogP contribution in [-0.2, 0) is 4.74 Å². The van der Waals surface area contributed by atoms with E-state index in [2.05, 4.69) is 25.4 Å². The zero-order valence-corrected chi connectivity index (χ0v) is 20.7. The Labute approximate surface area is 205 Å². The third kappa shape index (κ3) is 5.44. The summed E-state index contributed by atoms with van der Waals surface area (Å²) in [5, 5.41) is 33.5. The van der Waals surface area contributed by atoms with Gasteiger partial charge in [-0.05, 0) is 46.3 Å². The standard InChI is InChI=1S/C19H19N7O4S.C3H9N/c1-10-22-13-3-2-12(4-17(13)31-10)26-19(20-9-21-26)15-5-14(18(29)16(8-28)30-15)25-6-11(7-27)23-24-25;1-4(2)3/h2-4,6-7,9,14-16,18,28-29H,5,8H2,1H3;1-3H3. The Morgan fingerprint density at radius 1 is 1.31 bits per heavy atom. The van der Waals surface area contributed by atoms with Gasteiger partial charge in [-0.2, -0.15) is 5.10 Å². The Bertz CT molecular complexity index is 1280. The van der Waals surface area contributed by atoms with Crippen LogP contribution in [0.25, 0.3) is 15.9 Å². The highest BCUT2D eigenvalue weighted by atomic mass is 32.1. The zero-order valence-electron chi connectivity index (χ0n) is 19.9. The van der Waals surface area contributed by atoms with Crippen molar-refractivity contribution in [3.63, 3.8) is 0 Å². The number of aryl methyl sites for hydroxylation is 1. The lowest BCUT2D eigenvalue weighted by atomic mass is 9.95. The van der Waals surface area contributed by atoms with Crippen LogP contribution in [0.5, 0.6) is 0 Å². The second-order valence-corrected chi connectivity index (χ2v) is 9.87. The molecule has 0 bridgehead atoms. The molecule has 1 aliphatic heterocycles. The number of carbonyl (C=O) groups is 1. The quantitative estimate of drug-likeness (QED) is 0.383. The number of aromatic nitrogens is 7. The number of rotatable bonds is 5. The largest absolute Gasteiger partial charge is 0.394 e. The van der Waals surface area contributed by atoms with Gasteiger partial charge in [0.1, 0.15) is 30.3 Å². The Hall–Kier alpha value is -3.10. The summed E-state index contributed by atoms with van der Waals surface area (Å²) in [6, 6.07) is 5.27. The molecular formula is C22H28N8O4S. The van der Waals surface area contributed by atoms with Crippen molar-refractivity contribution in [2.75, 3.05) is 27.7 Å². The van der Waals surface area contributed by atoms with Crippen LogP contribution < -0.4 is 0 Å². The summed E-state index contributed by atoms with van der Waals surface area (Å²) in [4.78, 5) is 21.9. The first-order chi connectivity index (χ1) is 16.8. The molecule has 0 saturated carbocycles. The van der Waals surface area contributed by atoms with E-state index in [1.54, 1.807) is 16.0 Å². The van der Waals surface area contributed by atoms with Crippen LogP contribution in [0.3, 0.4) is 0 Å². The molecule has 0 amide bonds. The molecule has 1 saturated heterocycles. The smallest absolute Gasteiger partial charge is 0.171 e. The van der Waals surface area contributed by atoms with Crippen LogP contribution >= 0.6 is 11.3 Å². The van der Waals surface area contributed by atoms with Gasteiger partial charge in [0, 0.05) is 6.42 Å². The highest BCUT2D eigenvalue weighted by molar-refractivity contribution is 7.18. The predicted octanol–water partition coefficient (Wildman–Crippen LogP) is 1.19. The van der Waals surface area contributed by atoms with Gasteiger partial charge in [-0.3, -0.25) is 4.79 Å². The van der Waals surface area contributed by atoms with E-state index in [1.807, 2.05) is 51.2 Å². The minimum Gasteiger partial charge on any atom is -0.394 e. The summed E-state index contributed by atoms with van der Waals surface area (Å²) in [7, 11) is 6.00. The lowest BCUT2D eigenvalue weighted by Crippen LogP contribution is -2.45. The average Bonchev–Trinajstić information content (AvgIpc) is 3.57. The number of ether oxygens (including phenoxy) is 1. The lowest BCUT2D eigenvalue weighted by molar-refractivity contribution is -0.161. The molecule has 0 spiro atoms. The summed E-state index contributed by atoms with van der Waals surface area (Å²) in [6.45, 7) is 1.57. The maximum atomic E-state index is 11.0.